The first-order valence-electron chi connectivity index (χ1n) is 4.26. The molecule has 0 amide bonds. The number of ether oxygens (including phenoxy) is 1. The average molecular weight is 216 g/mol. The molecule has 0 heterocycles. The van der Waals surface area contributed by atoms with Gasteiger partial charge in [-0.2, -0.15) is 0 Å². The van der Waals surface area contributed by atoms with Gasteiger partial charge in [0.15, 0.2) is 0 Å². The molecule has 0 saturated carbocycles. The van der Waals surface area contributed by atoms with Crippen molar-refractivity contribution in [2.45, 2.75) is 20.5 Å². The second kappa shape index (κ2) is 4.64. The lowest BCUT2D eigenvalue weighted by Gasteiger charge is -2.13. The zero-order valence-corrected chi connectivity index (χ0v) is 9.31. The first-order valence-corrected chi connectivity index (χ1v) is 4.63. The number of hydrogen-bond donors (Lipinski definition) is 1. The summed E-state index contributed by atoms with van der Waals surface area (Å²) < 4.78 is 5.14. The number of nitrogens with two attached hydrogens (primary N) is 1. The van der Waals surface area contributed by atoms with Crippen LogP contribution < -0.4 is 10.6 Å². The molecule has 1 aromatic carbocycles. The Kier molecular flexibility index (Phi) is 3.75. The van der Waals surface area contributed by atoms with Gasteiger partial charge in [0.05, 0.1) is 18.7 Å². The van der Waals surface area contributed by atoms with Gasteiger partial charge in [-0.3, -0.25) is 4.84 Å². The summed E-state index contributed by atoms with van der Waals surface area (Å²) >= 11 is 6.08. The summed E-state index contributed by atoms with van der Waals surface area (Å²) in [7, 11) is 1.60. The van der Waals surface area contributed by atoms with Crippen molar-refractivity contribution < 1.29 is 9.57 Å². The molecule has 0 fully saturated rings. The fraction of sp³-hybridized carbons (Fsp3) is 0.400. The van der Waals surface area contributed by atoms with E-state index in [1.807, 2.05) is 19.9 Å². The molecule has 2 N–H and O–H groups in total. The Labute approximate surface area is 88.7 Å². The van der Waals surface area contributed by atoms with Crippen LogP contribution in [0.4, 0.5) is 0 Å². The van der Waals surface area contributed by atoms with Crippen LogP contribution in [0.2, 0.25) is 5.02 Å². The Morgan fingerprint density at radius 2 is 2.07 bits per heavy atom. The molecule has 0 unspecified atom stereocenters. The predicted octanol–water partition coefficient (Wildman–Crippen LogP) is 2.36. The molecule has 0 aromatic heterocycles. The maximum Gasteiger partial charge on any atom is 0.138 e. The van der Waals surface area contributed by atoms with Crippen LogP contribution in [0, 0.1) is 13.8 Å². The maximum atomic E-state index is 6.08. The van der Waals surface area contributed by atoms with Crippen molar-refractivity contribution >= 4 is 11.6 Å². The third kappa shape index (κ3) is 2.00. The first-order chi connectivity index (χ1) is 6.61. The van der Waals surface area contributed by atoms with Gasteiger partial charge in [-0.1, -0.05) is 11.6 Å². The van der Waals surface area contributed by atoms with E-state index >= 15 is 0 Å². The van der Waals surface area contributed by atoms with Gasteiger partial charge in [0.25, 0.3) is 0 Å². The van der Waals surface area contributed by atoms with Crippen molar-refractivity contribution in [3.8, 4) is 5.75 Å². The van der Waals surface area contributed by atoms with Crippen LogP contribution in [-0.2, 0) is 11.4 Å². The summed E-state index contributed by atoms with van der Waals surface area (Å²) in [5, 5.41) is 0.616. The van der Waals surface area contributed by atoms with Crippen molar-refractivity contribution in [2.75, 3.05) is 7.11 Å². The van der Waals surface area contributed by atoms with Gasteiger partial charge in [0, 0.05) is 0 Å². The van der Waals surface area contributed by atoms with Crippen LogP contribution in [-0.4, -0.2) is 7.11 Å². The Hall–Kier alpha value is -0.770. The van der Waals surface area contributed by atoms with Crippen molar-refractivity contribution in [1.29, 1.82) is 0 Å². The molecular weight excluding hydrogens is 202 g/mol. The highest BCUT2D eigenvalue weighted by Crippen LogP contribution is 2.32. The molecule has 1 aromatic rings. The number of hydrogen-bond acceptors (Lipinski definition) is 3. The van der Waals surface area contributed by atoms with Gasteiger partial charge in [-0.25, -0.2) is 5.90 Å². The number of aryl methyl sites for hydroxylation is 1. The Balaban J connectivity index is 3.26. The molecule has 1 rings (SSSR count). The van der Waals surface area contributed by atoms with Crippen LogP contribution in [0.25, 0.3) is 0 Å². The molecule has 0 atom stereocenters. The minimum absolute atomic E-state index is 0.362. The average Bonchev–Trinajstić information content (AvgIpc) is 2.18. The molecule has 0 bridgehead atoms. The minimum Gasteiger partial charge on any atom is -0.495 e. The van der Waals surface area contributed by atoms with Crippen LogP contribution in [0.1, 0.15) is 16.7 Å². The van der Waals surface area contributed by atoms with Crippen molar-refractivity contribution in [3.05, 3.63) is 27.8 Å². The zero-order valence-electron chi connectivity index (χ0n) is 8.56. The lowest BCUT2D eigenvalue weighted by molar-refractivity contribution is 0.123. The van der Waals surface area contributed by atoms with E-state index in [1.54, 1.807) is 7.11 Å². The molecule has 14 heavy (non-hydrogen) atoms. The highest BCUT2D eigenvalue weighted by Gasteiger charge is 2.11. The summed E-state index contributed by atoms with van der Waals surface area (Å²) in [5.41, 5.74) is 3.03. The van der Waals surface area contributed by atoms with Gasteiger partial charge >= 0.3 is 0 Å². The smallest absolute Gasteiger partial charge is 0.138 e. The van der Waals surface area contributed by atoms with Crippen LogP contribution in [0.5, 0.6) is 5.75 Å². The molecule has 0 aliphatic heterocycles. The van der Waals surface area contributed by atoms with Crippen molar-refractivity contribution in [1.82, 2.24) is 0 Å². The van der Waals surface area contributed by atoms with E-state index in [0.717, 1.165) is 16.7 Å². The molecule has 0 radical (unpaired) electrons. The lowest BCUT2D eigenvalue weighted by Crippen LogP contribution is -2.04. The zero-order chi connectivity index (χ0) is 10.7. The van der Waals surface area contributed by atoms with Gasteiger partial charge in [0.1, 0.15) is 5.75 Å². The number of methoxy groups -OCH3 is 1. The molecule has 78 valence electrons. The van der Waals surface area contributed by atoms with E-state index in [9.17, 15) is 0 Å². The summed E-state index contributed by atoms with van der Waals surface area (Å²) in [6, 6.07) is 1.88. The van der Waals surface area contributed by atoms with Crippen molar-refractivity contribution in [3.63, 3.8) is 0 Å². The van der Waals surface area contributed by atoms with Gasteiger partial charge < -0.3 is 4.74 Å². The van der Waals surface area contributed by atoms with Crippen molar-refractivity contribution in [2.24, 2.45) is 5.90 Å². The Bertz CT molecular complexity index is 339. The highest BCUT2D eigenvalue weighted by molar-refractivity contribution is 6.32. The van der Waals surface area contributed by atoms with E-state index in [-0.39, 0.29) is 0 Å². The summed E-state index contributed by atoms with van der Waals surface area (Å²) in [6.45, 7) is 4.26. The molecule has 3 nitrogen and oxygen atoms in total. The van der Waals surface area contributed by atoms with Crippen LogP contribution in [0.3, 0.4) is 0 Å². The molecule has 0 saturated heterocycles. The van der Waals surface area contributed by atoms with Crippen LogP contribution >= 0.6 is 11.6 Å². The number of benzene rings is 1. The standard InChI is InChI=1S/C10H14ClNO2/c1-6-4-9(13-3)10(11)7(2)8(6)5-14-12/h4H,5,12H2,1-3H3. The summed E-state index contributed by atoms with van der Waals surface area (Å²) in [6.07, 6.45) is 0. The fourth-order valence-corrected chi connectivity index (χ4v) is 1.66. The topological polar surface area (TPSA) is 44.5 Å². The quantitative estimate of drug-likeness (QED) is 0.788. The van der Waals surface area contributed by atoms with E-state index in [4.69, 9.17) is 22.2 Å². The largest absolute Gasteiger partial charge is 0.495 e. The van der Waals surface area contributed by atoms with Gasteiger partial charge in [-0.15, -0.1) is 0 Å². The van der Waals surface area contributed by atoms with Gasteiger partial charge in [0.2, 0.25) is 0 Å². The van der Waals surface area contributed by atoms with Crippen LogP contribution in [0.15, 0.2) is 6.07 Å². The van der Waals surface area contributed by atoms with Gasteiger partial charge in [-0.05, 0) is 36.6 Å². The predicted molar refractivity (Wildman–Crippen MR) is 56.5 cm³/mol. The third-order valence-corrected chi connectivity index (χ3v) is 2.74. The molecule has 4 heteroatoms. The molecule has 0 aliphatic rings. The molecule has 0 aliphatic carbocycles. The third-order valence-electron chi connectivity index (χ3n) is 2.27. The second-order valence-electron chi connectivity index (χ2n) is 3.12. The first kappa shape index (κ1) is 11.3. The van der Waals surface area contributed by atoms with E-state index in [0.29, 0.717) is 17.4 Å². The number of rotatable bonds is 3. The van der Waals surface area contributed by atoms with E-state index in [2.05, 4.69) is 4.84 Å². The summed E-state index contributed by atoms with van der Waals surface area (Å²) in [4.78, 5) is 4.62. The van der Waals surface area contributed by atoms with E-state index in [1.165, 1.54) is 0 Å². The Morgan fingerprint density at radius 3 is 2.57 bits per heavy atom. The molecule has 0 spiro atoms. The highest BCUT2D eigenvalue weighted by atomic mass is 35.5. The Morgan fingerprint density at radius 1 is 1.43 bits per heavy atom. The number of halogens is 1. The second-order valence-corrected chi connectivity index (χ2v) is 3.50. The van der Waals surface area contributed by atoms with E-state index < -0.39 is 0 Å². The SMILES string of the molecule is COc1cc(C)c(CON)c(C)c1Cl. The maximum absolute atomic E-state index is 6.08. The fourth-order valence-electron chi connectivity index (χ4n) is 1.41. The summed E-state index contributed by atoms with van der Waals surface area (Å²) in [5.74, 6) is 5.73. The lowest BCUT2D eigenvalue weighted by atomic mass is 10.0. The minimum atomic E-state index is 0.362. The molecular formula is C10H14ClNO2. The normalized spacial score (nSPS) is 10.4. The monoisotopic (exact) mass is 215 g/mol.